The zero-order valence-corrected chi connectivity index (χ0v) is 17.4. The Morgan fingerprint density at radius 2 is 1.61 bits per heavy atom. The van der Waals surface area contributed by atoms with Gasteiger partial charge in [-0.3, -0.25) is 4.79 Å². The number of rotatable bonds is 2. The van der Waals surface area contributed by atoms with Crippen LogP contribution < -0.4 is 5.32 Å². The fourth-order valence-corrected chi connectivity index (χ4v) is 4.58. The van der Waals surface area contributed by atoms with Crippen LogP contribution in [0.15, 0.2) is 66.7 Å². The summed E-state index contributed by atoms with van der Waals surface area (Å²) in [7, 11) is 0. The van der Waals surface area contributed by atoms with Crippen LogP contribution in [-0.2, 0) is 6.42 Å². The van der Waals surface area contributed by atoms with Gasteiger partial charge < -0.3 is 10.4 Å². The van der Waals surface area contributed by atoms with Crippen molar-refractivity contribution in [3.05, 3.63) is 89.0 Å². The minimum Gasteiger partial charge on any atom is -0.378 e. The van der Waals surface area contributed by atoms with E-state index in [0.717, 1.165) is 43.4 Å². The van der Waals surface area contributed by atoms with Crippen LogP contribution in [0.3, 0.4) is 0 Å². The molecule has 0 spiro atoms. The summed E-state index contributed by atoms with van der Waals surface area (Å²) in [6, 6.07) is 21.8. The molecule has 2 aliphatic carbocycles. The molecular weight excluding hydrogens is 382 g/mol. The van der Waals surface area contributed by atoms with E-state index in [2.05, 4.69) is 53.6 Å². The lowest BCUT2D eigenvalue weighted by molar-refractivity contribution is 0.0610. The van der Waals surface area contributed by atoms with Crippen LogP contribution in [0.1, 0.15) is 59.2 Å². The maximum atomic E-state index is 12.7. The summed E-state index contributed by atoms with van der Waals surface area (Å²) in [6.45, 7) is 0. The molecular formula is C28H25NO2. The zero-order chi connectivity index (χ0) is 21.3. The first-order valence-corrected chi connectivity index (χ1v) is 11.0. The van der Waals surface area contributed by atoms with Gasteiger partial charge in [-0.2, -0.15) is 0 Å². The van der Waals surface area contributed by atoms with Gasteiger partial charge in [-0.05, 0) is 90.8 Å². The second-order valence-electron chi connectivity index (χ2n) is 8.58. The largest absolute Gasteiger partial charge is 0.378 e. The van der Waals surface area contributed by atoms with Crippen molar-refractivity contribution in [1.82, 2.24) is 0 Å². The second kappa shape index (κ2) is 8.06. The van der Waals surface area contributed by atoms with Crippen LogP contribution in [-0.4, -0.2) is 16.6 Å². The van der Waals surface area contributed by atoms with Crippen molar-refractivity contribution in [2.45, 2.75) is 44.1 Å². The van der Waals surface area contributed by atoms with E-state index in [4.69, 9.17) is 0 Å². The molecule has 3 nitrogen and oxygen atoms in total. The number of benzene rings is 3. The molecule has 0 bridgehead atoms. The zero-order valence-electron chi connectivity index (χ0n) is 17.4. The molecule has 0 unspecified atom stereocenters. The Labute approximate surface area is 183 Å². The Morgan fingerprint density at radius 1 is 0.871 bits per heavy atom. The molecule has 0 aliphatic heterocycles. The van der Waals surface area contributed by atoms with E-state index >= 15 is 0 Å². The Kier molecular flexibility index (Phi) is 5.10. The molecule has 0 aromatic heterocycles. The summed E-state index contributed by atoms with van der Waals surface area (Å²) in [5, 5.41) is 13.5. The maximum Gasteiger partial charge on any atom is 0.255 e. The molecule has 0 atom stereocenters. The second-order valence-corrected chi connectivity index (χ2v) is 8.58. The number of aliphatic hydroxyl groups is 1. The maximum absolute atomic E-state index is 12.7. The van der Waals surface area contributed by atoms with Gasteiger partial charge in [0.05, 0.1) is 0 Å². The summed E-state index contributed by atoms with van der Waals surface area (Å²) >= 11 is 0. The third-order valence-electron chi connectivity index (χ3n) is 6.32. The van der Waals surface area contributed by atoms with E-state index in [1.54, 1.807) is 12.1 Å². The molecule has 31 heavy (non-hydrogen) atoms. The fraction of sp³-hybridized carbons (Fsp3) is 0.250. The number of hydrogen-bond acceptors (Lipinski definition) is 2. The Morgan fingerprint density at radius 3 is 2.42 bits per heavy atom. The van der Waals surface area contributed by atoms with Gasteiger partial charge in [0.2, 0.25) is 0 Å². The predicted molar refractivity (Wildman–Crippen MR) is 124 cm³/mol. The first-order chi connectivity index (χ1) is 15.1. The molecule has 3 aromatic rings. The number of anilines is 1. The lowest BCUT2D eigenvalue weighted by Crippen LogP contribution is -2.29. The van der Waals surface area contributed by atoms with E-state index in [1.165, 1.54) is 28.7 Å². The summed E-state index contributed by atoms with van der Waals surface area (Å²) in [5.74, 6) is 5.98. The molecule has 2 aliphatic rings. The molecule has 1 amide bonds. The van der Waals surface area contributed by atoms with Gasteiger partial charge in [0, 0.05) is 16.8 Å². The monoisotopic (exact) mass is 407 g/mol. The summed E-state index contributed by atoms with van der Waals surface area (Å²) in [5.41, 5.74) is 6.44. The molecule has 0 radical (unpaired) electrons. The Hall–Kier alpha value is -3.35. The average molecular weight is 408 g/mol. The number of carbonyl (C=O) groups is 1. The van der Waals surface area contributed by atoms with Crippen molar-refractivity contribution in [3.8, 4) is 23.0 Å². The molecule has 154 valence electrons. The number of carbonyl (C=O) groups excluding carboxylic acids is 1. The van der Waals surface area contributed by atoms with Crippen molar-refractivity contribution >= 4 is 11.6 Å². The highest BCUT2D eigenvalue weighted by molar-refractivity contribution is 6.04. The van der Waals surface area contributed by atoms with Crippen molar-refractivity contribution in [1.29, 1.82) is 0 Å². The lowest BCUT2D eigenvalue weighted by Gasteiger charge is -2.26. The Bertz CT molecular complexity index is 1190. The number of nitrogens with one attached hydrogen (secondary N) is 1. The quantitative estimate of drug-likeness (QED) is 0.428. The lowest BCUT2D eigenvalue weighted by atomic mass is 9.85. The van der Waals surface area contributed by atoms with Crippen molar-refractivity contribution in [3.63, 3.8) is 0 Å². The van der Waals surface area contributed by atoms with Gasteiger partial charge in [-0.1, -0.05) is 48.6 Å². The standard InChI is InChI=1S/C28H25NO2/c30-27(21-10-8-20(9-11-21)14-17-28(31)15-4-1-5-16-28)29-24-12-13-26-23(19-24)18-22-6-2-3-7-25(22)26/h2-3,6-13,19,31H,1,4-5,15-16,18H2,(H,29,30). The highest BCUT2D eigenvalue weighted by Crippen LogP contribution is 2.37. The first-order valence-electron chi connectivity index (χ1n) is 11.0. The minimum atomic E-state index is -0.860. The van der Waals surface area contributed by atoms with Crippen LogP contribution in [0, 0.1) is 11.8 Å². The number of fused-ring (bicyclic) bond motifs is 3. The molecule has 0 saturated heterocycles. The van der Waals surface area contributed by atoms with E-state index in [9.17, 15) is 9.90 Å². The van der Waals surface area contributed by atoms with E-state index < -0.39 is 5.60 Å². The molecule has 0 heterocycles. The van der Waals surface area contributed by atoms with E-state index in [0.29, 0.717) is 5.56 Å². The first kappa shape index (κ1) is 19.6. The average Bonchev–Trinajstić information content (AvgIpc) is 3.16. The van der Waals surface area contributed by atoms with Gasteiger partial charge in [0.25, 0.3) is 5.91 Å². The third-order valence-corrected chi connectivity index (χ3v) is 6.32. The van der Waals surface area contributed by atoms with Crippen LogP contribution in [0.25, 0.3) is 11.1 Å². The molecule has 3 heteroatoms. The van der Waals surface area contributed by atoms with Crippen LogP contribution in [0.2, 0.25) is 0 Å². The van der Waals surface area contributed by atoms with Gasteiger partial charge >= 0.3 is 0 Å². The van der Waals surface area contributed by atoms with E-state index in [-0.39, 0.29) is 5.91 Å². The van der Waals surface area contributed by atoms with Crippen molar-refractivity contribution in [2.75, 3.05) is 5.32 Å². The molecule has 5 rings (SSSR count). The molecule has 2 N–H and O–H groups in total. The van der Waals surface area contributed by atoms with Gasteiger partial charge in [0.15, 0.2) is 0 Å². The molecule has 1 fully saturated rings. The van der Waals surface area contributed by atoms with Crippen molar-refractivity contribution in [2.24, 2.45) is 0 Å². The van der Waals surface area contributed by atoms with Crippen LogP contribution >= 0.6 is 0 Å². The highest BCUT2D eigenvalue weighted by Gasteiger charge is 2.26. The SMILES string of the molecule is O=C(Nc1ccc2c(c1)Cc1ccccc1-2)c1ccc(C#CC2(O)CCCCC2)cc1. The van der Waals surface area contributed by atoms with Crippen LogP contribution in [0.4, 0.5) is 5.69 Å². The highest BCUT2D eigenvalue weighted by atomic mass is 16.3. The number of amides is 1. The number of hydrogen-bond donors (Lipinski definition) is 2. The Balaban J connectivity index is 1.27. The minimum absolute atomic E-state index is 0.138. The predicted octanol–water partition coefficient (Wildman–Crippen LogP) is 5.56. The third kappa shape index (κ3) is 4.13. The fourth-order valence-electron chi connectivity index (χ4n) is 4.58. The van der Waals surface area contributed by atoms with Crippen molar-refractivity contribution < 1.29 is 9.90 Å². The van der Waals surface area contributed by atoms with Gasteiger partial charge in [0.1, 0.15) is 5.60 Å². The van der Waals surface area contributed by atoms with Gasteiger partial charge in [-0.25, -0.2) is 0 Å². The summed E-state index contributed by atoms with van der Waals surface area (Å²) in [6.07, 6.45) is 5.61. The van der Waals surface area contributed by atoms with Crippen LogP contribution in [0.5, 0.6) is 0 Å². The van der Waals surface area contributed by atoms with E-state index in [1.807, 2.05) is 18.2 Å². The topological polar surface area (TPSA) is 49.3 Å². The summed E-state index contributed by atoms with van der Waals surface area (Å²) in [4.78, 5) is 12.7. The molecule has 3 aromatic carbocycles. The molecule has 1 saturated carbocycles. The normalized spacial score (nSPS) is 15.9. The van der Waals surface area contributed by atoms with Gasteiger partial charge in [-0.15, -0.1) is 0 Å². The smallest absolute Gasteiger partial charge is 0.255 e. The summed E-state index contributed by atoms with van der Waals surface area (Å²) < 4.78 is 0.